The van der Waals surface area contributed by atoms with Gasteiger partial charge in [0.15, 0.2) is 0 Å². The topological polar surface area (TPSA) is 87.9 Å². The maximum atomic E-state index is 12.7. The minimum Gasteiger partial charge on any atom is -0.381 e. The maximum Gasteiger partial charge on any atom is 0.253 e. The van der Waals surface area contributed by atoms with Crippen molar-refractivity contribution in [1.29, 1.82) is 0 Å². The van der Waals surface area contributed by atoms with E-state index < -0.39 is 5.41 Å². The van der Waals surface area contributed by atoms with Crippen LogP contribution in [0.1, 0.15) is 23.2 Å². The van der Waals surface area contributed by atoms with Crippen molar-refractivity contribution in [2.24, 2.45) is 11.1 Å². The van der Waals surface area contributed by atoms with Crippen LogP contribution >= 0.6 is 0 Å². The largest absolute Gasteiger partial charge is 0.381 e. The van der Waals surface area contributed by atoms with Crippen LogP contribution in [0.3, 0.4) is 0 Å². The van der Waals surface area contributed by atoms with Crippen LogP contribution in [-0.2, 0) is 9.53 Å². The third-order valence-corrected chi connectivity index (χ3v) is 5.50. The van der Waals surface area contributed by atoms with Gasteiger partial charge in [-0.1, -0.05) is 0 Å². The third-order valence-electron chi connectivity index (χ3n) is 5.50. The summed E-state index contributed by atoms with van der Waals surface area (Å²) in [6.45, 7) is 4.70. The molecule has 0 unspecified atom stereocenters. The van der Waals surface area contributed by atoms with Gasteiger partial charge in [0.05, 0.1) is 5.41 Å². The molecule has 2 aliphatic heterocycles. The number of rotatable bonds is 4. The molecule has 0 radical (unpaired) electrons. The van der Waals surface area contributed by atoms with Crippen molar-refractivity contribution in [2.75, 3.05) is 58.3 Å². The number of ether oxygens (including phenoxy) is 1. The van der Waals surface area contributed by atoms with Crippen LogP contribution in [0.2, 0.25) is 0 Å². The van der Waals surface area contributed by atoms with E-state index in [0.29, 0.717) is 43.9 Å². The number of nitrogens with zero attached hydrogens (tertiary/aromatic N) is 2. The Morgan fingerprint density at radius 1 is 1.12 bits per heavy atom. The van der Waals surface area contributed by atoms with Gasteiger partial charge < -0.3 is 25.6 Å². The Kier molecular flexibility index (Phi) is 5.90. The van der Waals surface area contributed by atoms with Gasteiger partial charge in [0.1, 0.15) is 0 Å². The minimum atomic E-state index is -0.563. The number of carbonyl (C=O) groups excluding carboxylic acids is 2. The molecule has 0 saturated carbocycles. The third kappa shape index (κ3) is 4.06. The van der Waals surface area contributed by atoms with Crippen LogP contribution in [-0.4, -0.2) is 74.6 Å². The van der Waals surface area contributed by atoms with Gasteiger partial charge in [-0.05, 0) is 44.2 Å². The molecule has 1 aromatic rings. The average molecular weight is 360 g/mol. The molecule has 2 saturated heterocycles. The number of hydrogen-bond donors (Lipinski definition) is 2. The van der Waals surface area contributed by atoms with Gasteiger partial charge in [-0.25, -0.2) is 0 Å². The lowest BCUT2D eigenvalue weighted by atomic mass is 9.79. The van der Waals surface area contributed by atoms with Crippen molar-refractivity contribution in [1.82, 2.24) is 9.80 Å². The summed E-state index contributed by atoms with van der Waals surface area (Å²) in [6, 6.07) is 7.11. The highest BCUT2D eigenvalue weighted by molar-refractivity contribution is 5.97. The molecule has 0 atom stereocenters. The number of nitrogens with two attached hydrogens (primary N) is 1. The van der Waals surface area contributed by atoms with Gasteiger partial charge in [0.25, 0.3) is 5.91 Å². The first-order valence-electron chi connectivity index (χ1n) is 9.21. The average Bonchev–Trinajstić information content (AvgIpc) is 2.69. The van der Waals surface area contributed by atoms with Crippen molar-refractivity contribution >= 4 is 17.5 Å². The summed E-state index contributed by atoms with van der Waals surface area (Å²) in [4.78, 5) is 29.4. The summed E-state index contributed by atoms with van der Waals surface area (Å²) in [7, 11) is 2.06. The Hall–Kier alpha value is -1.96. The Balaban J connectivity index is 1.62. The Labute approximate surface area is 154 Å². The molecule has 142 valence electrons. The van der Waals surface area contributed by atoms with Gasteiger partial charge in [-0.3, -0.25) is 9.59 Å². The number of hydrogen-bond acceptors (Lipinski definition) is 5. The molecule has 0 bridgehead atoms. The molecule has 0 aliphatic carbocycles. The smallest absolute Gasteiger partial charge is 0.253 e. The fraction of sp³-hybridized carbons (Fsp3) is 0.579. The summed E-state index contributed by atoms with van der Waals surface area (Å²) < 4.78 is 5.35. The second-order valence-corrected chi connectivity index (χ2v) is 7.22. The van der Waals surface area contributed by atoms with Gasteiger partial charge in [-0.2, -0.15) is 0 Å². The van der Waals surface area contributed by atoms with Crippen molar-refractivity contribution in [3.63, 3.8) is 0 Å². The normalized spacial score (nSPS) is 20.6. The lowest BCUT2D eigenvalue weighted by Gasteiger charge is -2.34. The highest BCUT2D eigenvalue weighted by Crippen LogP contribution is 2.31. The lowest BCUT2D eigenvalue weighted by Crippen LogP contribution is -2.47. The Morgan fingerprint density at radius 3 is 2.31 bits per heavy atom. The molecule has 3 rings (SSSR count). The van der Waals surface area contributed by atoms with E-state index >= 15 is 0 Å². The molecular weight excluding hydrogens is 332 g/mol. The molecule has 2 fully saturated rings. The fourth-order valence-electron chi connectivity index (χ4n) is 3.44. The number of piperazine rings is 1. The standard InChI is InChI=1S/C19H28N4O3/c1-22-8-10-23(11-9-22)17(24)15-2-4-16(5-3-15)21-18(25)19(14-20)6-12-26-13-7-19/h2-5H,6-14,20H2,1H3,(H,21,25). The van der Waals surface area contributed by atoms with Gasteiger partial charge >= 0.3 is 0 Å². The predicted octanol–water partition coefficient (Wildman–Crippen LogP) is 0.768. The number of nitrogens with one attached hydrogen (secondary N) is 1. The molecule has 2 amide bonds. The highest BCUT2D eigenvalue weighted by atomic mass is 16.5. The van der Waals surface area contributed by atoms with Crippen LogP contribution in [0.15, 0.2) is 24.3 Å². The first kappa shape index (κ1) is 18.8. The van der Waals surface area contributed by atoms with Crippen LogP contribution in [0.4, 0.5) is 5.69 Å². The summed E-state index contributed by atoms with van der Waals surface area (Å²) in [5.74, 6) is -0.0275. The van der Waals surface area contributed by atoms with Crippen LogP contribution < -0.4 is 11.1 Å². The Bertz CT molecular complexity index is 633. The molecule has 3 N–H and O–H groups in total. The van der Waals surface area contributed by atoms with E-state index in [1.165, 1.54) is 0 Å². The summed E-state index contributed by atoms with van der Waals surface area (Å²) in [5, 5.41) is 2.95. The minimum absolute atomic E-state index is 0.0406. The number of anilines is 1. The first-order chi connectivity index (χ1) is 12.5. The number of likely N-dealkylation sites (N-methyl/N-ethyl adjacent to an activating group) is 1. The summed E-state index contributed by atoms with van der Waals surface area (Å²) in [6.07, 6.45) is 1.27. The highest BCUT2D eigenvalue weighted by Gasteiger charge is 2.38. The zero-order chi connectivity index (χ0) is 18.6. The molecule has 0 spiro atoms. The molecular formula is C19H28N4O3. The van der Waals surface area contributed by atoms with Crippen LogP contribution in [0.25, 0.3) is 0 Å². The van der Waals surface area contributed by atoms with Gasteiger partial charge in [-0.15, -0.1) is 0 Å². The van der Waals surface area contributed by atoms with Crippen molar-refractivity contribution in [3.8, 4) is 0 Å². The summed E-state index contributed by atoms with van der Waals surface area (Å²) >= 11 is 0. The van der Waals surface area contributed by atoms with E-state index in [1.807, 2.05) is 4.90 Å². The van der Waals surface area contributed by atoms with Crippen molar-refractivity contribution in [3.05, 3.63) is 29.8 Å². The molecule has 26 heavy (non-hydrogen) atoms. The molecule has 0 aromatic heterocycles. The molecule has 1 aromatic carbocycles. The van der Waals surface area contributed by atoms with E-state index in [1.54, 1.807) is 24.3 Å². The van der Waals surface area contributed by atoms with Gasteiger partial charge in [0, 0.05) is 57.2 Å². The predicted molar refractivity (Wildman–Crippen MR) is 100 cm³/mol. The fourth-order valence-corrected chi connectivity index (χ4v) is 3.44. The second kappa shape index (κ2) is 8.16. The number of carbonyl (C=O) groups is 2. The molecule has 7 nitrogen and oxygen atoms in total. The molecule has 2 heterocycles. The molecule has 2 aliphatic rings. The molecule has 7 heteroatoms. The first-order valence-corrected chi connectivity index (χ1v) is 9.21. The lowest BCUT2D eigenvalue weighted by molar-refractivity contribution is -0.130. The zero-order valence-corrected chi connectivity index (χ0v) is 15.4. The van der Waals surface area contributed by atoms with E-state index in [4.69, 9.17) is 10.5 Å². The number of amides is 2. The van der Waals surface area contributed by atoms with Crippen molar-refractivity contribution < 1.29 is 14.3 Å². The Morgan fingerprint density at radius 2 is 1.73 bits per heavy atom. The van der Waals surface area contributed by atoms with E-state index in [2.05, 4.69) is 17.3 Å². The quantitative estimate of drug-likeness (QED) is 0.828. The van der Waals surface area contributed by atoms with E-state index in [-0.39, 0.29) is 11.8 Å². The van der Waals surface area contributed by atoms with Crippen molar-refractivity contribution in [2.45, 2.75) is 12.8 Å². The maximum absolute atomic E-state index is 12.7. The van der Waals surface area contributed by atoms with E-state index in [0.717, 1.165) is 26.2 Å². The van der Waals surface area contributed by atoms with Crippen LogP contribution in [0.5, 0.6) is 0 Å². The second-order valence-electron chi connectivity index (χ2n) is 7.22. The van der Waals surface area contributed by atoms with E-state index in [9.17, 15) is 9.59 Å². The van der Waals surface area contributed by atoms with Gasteiger partial charge in [0.2, 0.25) is 5.91 Å². The zero-order valence-electron chi connectivity index (χ0n) is 15.4. The summed E-state index contributed by atoms with van der Waals surface area (Å²) in [5.41, 5.74) is 6.65. The number of benzene rings is 1. The van der Waals surface area contributed by atoms with Crippen LogP contribution in [0, 0.1) is 5.41 Å². The monoisotopic (exact) mass is 360 g/mol. The SMILES string of the molecule is CN1CCN(C(=O)c2ccc(NC(=O)C3(CN)CCOCC3)cc2)CC1.